The highest BCUT2D eigenvalue weighted by atomic mass is 35.5. The first kappa shape index (κ1) is 15.9. The second kappa shape index (κ2) is 6.35. The Morgan fingerprint density at radius 2 is 2.11 bits per heavy atom. The minimum Gasteiger partial charge on any atom is -0.308 e. The molecule has 1 aromatic carbocycles. The van der Waals surface area contributed by atoms with Crippen molar-refractivity contribution in [3.63, 3.8) is 0 Å². The number of halogens is 1. The molecule has 5 nitrogen and oxygen atoms in total. The number of hydrogen-bond donors (Lipinski definition) is 1. The van der Waals surface area contributed by atoms with Crippen LogP contribution in [0.1, 0.15) is 12.5 Å². The van der Waals surface area contributed by atoms with Crippen LogP contribution in [0.3, 0.4) is 0 Å². The maximum Gasteiger partial charge on any atom is 0.242 e. The highest BCUT2D eigenvalue weighted by molar-refractivity contribution is 7.89. The van der Waals surface area contributed by atoms with Crippen LogP contribution >= 0.6 is 11.6 Å². The zero-order valence-electron chi connectivity index (χ0n) is 11.0. The summed E-state index contributed by atoms with van der Waals surface area (Å²) in [5.74, 6) is 0. The van der Waals surface area contributed by atoms with Crippen LogP contribution in [0.25, 0.3) is 0 Å². The van der Waals surface area contributed by atoms with E-state index in [1.54, 1.807) is 6.92 Å². The zero-order chi connectivity index (χ0) is 14.6. The molecule has 0 saturated carbocycles. The molecule has 0 amide bonds. The molecule has 1 aromatic rings. The van der Waals surface area contributed by atoms with Crippen LogP contribution < -0.4 is 4.72 Å². The number of hydrogen-bond acceptors (Lipinski definition) is 4. The third kappa shape index (κ3) is 4.48. The smallest absolute Gasteiger partial charge is 0.242 e. The van der Waals surface area contributed by atoms with Gasteiger partial charge in [0.05, 0.1) is 16.7 Å². The van der Waals surface area contributed by atoms with Crippen LogP contribution in [-0.2, 0) is 10.0 Å². The van der Waals surface area contributed by atoms with Gasteiger partial charge in [-0.05, 0) is 39.2 Å². The van der Waals surface area contributed by atoms with E-state index in [-0.39, 0.29) is 21.5 Å². The molecule has 0 aliphatic heterocycles. The number of rotatable bonds is 5. The lowest BCUT2D eigenvalue weighted by Crippen LogP contribution is -2.39. The molecule has 0 bridgehead atoms. The van der Waals surface area contributed by atoms with E-state index in [4.69, 9.17) is 16.9 Å². The summed E-state index contributed by atoms with van der Waals surface area (Å²) >= 11 is 5.89. The van der Waals surface area contributed by atoms with E-state index in [1.165, 1.54) is 18.2 Å². The molecule has 7 heteroatoms. The van der Waals surface area contributed by atoms with Gasteiger partial charge >= 0.3 is 0 Å². The van der Waals surface area contributed by atoms with Crippen molar-refractivity contribution < 1.29 is 8.42 Å². The predicted octanol–water partition coefficient (Wildman–Crippen LogP) is 1.44. The SMILES string of the molecule is CC(CN(C)C)NS(=O)(=O)c1cc(C#N)ccc1Cl. The van der Waals surface area contributed by atoms with Gasteiger partial charge in [0.2, 0.25) is 10.0 Å². The Morgan fingerprint density at radius 1 is 1.47 bits per heavy atom. The molecular formula is C12H16ClN3O2S. The minimum absolute atomic E-state index is 0.0705. The van der Waals surface area contributed by atoms with Crippen molar-refractivity contribution in [2.24, 2.45) is 0 Å². The molecular weight excluding hydrogens is 286 g/mol. The molecule has 0 spiro atoms. The first-order valence-corrected chi connectivity index (χ1v) is 7.49. The van der Waals surface area contributed by atoms with Crippen molar-refractivity contribution in [2.75, 3.05) is 20.6 Å². The molecule has 0 aromatic heterocycles. The van der Waals surface area contributed by atoms with Gasteiger partial charge in [0.1, 0.15) is 4.90 Å². The maximum absolute atomic E-state index is 12.2. The summed E-state index contributed by atoms with van der Waals surface area (Å²) in [7, 11) is -0.0176. The van der Waals surface area contributed by atoms with Gasteiger partial charge in [-0.2, -0.15) is 5.26 Å². The molecule has 0 fully saturated rings. The number of sulfonamides is 1. The lowest BCUT2D eigenvalue weighted by Gasteiger charge is -2.18. The van der Waals surface area contributed by atoms with Gasteiger partial charge in [-0.3, -0.25) is 0 Å². The van der Waals surface area contributed by atoms with E-state index in [2.05, 4.69) is 4.72 Å². The number of nitrogens with zero attached hydrogens (tertiary/aromatic N) is 2. The van der Waals surface area contributed by atoms with Crippen molar-refractivity contribution in [3.8, 4) is 6.07 Å². The van der Waals surface area contributed by atoms with Crippen molar-refractivity contribution in [3.05, 3.63) is 28.8 Å². The largest absolute Gasteiger partial charge is 0.308 e. The summed E-state index contributed by atoms with van der Waals surface area (Å²) < 4.78 is 26.9. The second-order valence-corrected chi connectivity index (χ2v) is 6.63. The molecule has 0 aliphatic carbocycles. The minimum atomic E-state index is -3.73. The molecule has 0 radical (unpaired) electrons. The van der Waals surface area contributed by atoms with Gasteiger partial charge in [-0.1, -0.05) is 11.6 Å². The van der Waals surface area contributed by atoms with E-state index in [9.17, 15) is 8.42 Å². The van der Waals surface area contributed by atoms with Gasteiger partial charge in [0.15, 0.2) is 0 Å². The van der Waals surface area contributed by atoms with E-state index in [0.29, 0.717) is 6.54 Å². The molecule has 0 heterocycles. The van der Waals surface area contributed by atoms with E-state index >= 15 is 0 Å². The van der Waals surface area contributed by atoms with Crippen LogP contribution in [0.5, 0.6) is 0 Å². The van der Waals surface area contributed by atoms with Gasteiger partial charge in [-0.25, -0.2) is 13.1 Å². The standard InChI is InChI=1S/C12H16ClN3O2S/c1-9(8-16(2)3)15-19(17,18)12-6-10(7-14)4-5-11(12)13/h4-6,9,15H,8H2,1-3H3. The lowest BCUT2D eigenvalue weighted by molar-refractivity contribution is 0.370. The van der Waals surface area contributed by atoms with E-state index < -0.39 is 10.0 Å². The monoisotopic (exact) mass is 301 g/mol. The normalized spacial score (nSPS) is 13.3. The predicted molar refractivity (Wildman–Crippen MR) is 74.5 cm³/mol. The third-order valence-corrected chi connectivity index (χ3v) is 4.42. The zero-order valence-corrected chi connectivity index (χ0v) is 12.6. The molecule has 0 saturated heterocycles. The Morgan fingerprint density at radius 3 is 2.63 bits per heavy atom. The van der Waals surface area contributed by atoms with Crippen molar-refractivity contribution >= 4 is 21.6 Å². The molecule has 1 rings (SSSR count). The molecule has 1 unspecified atom stereocenters. The fraction of sp³-hybridized carbons (Fsp3) is 0.417. The van der Waals surface area contributed by atoms with Crippen LogP contribution in [0.2, 0.25) is 5.02 Å². The van der Waals surface area contributed by atoms with Crippen LogP contribution in [0, 0.1) is 11.3 Å². The van der Waals surface area contributed by atoms with E-state index in [0.717, 1.165) is 0 Å². The summed E-state index contributed by atoms with van der Waals surface area (Å²) in [6.07, 6.45) is 0. The van der Waals surface area contributed by atoms with Crippen molar-refractivity contribution in [1.82, 2.24) is 9.62 Å². The Kier molecular flexibility index (Phi) is 5.32. The summed E-state index contributed by atoms with van der Waals surface area (Å²) in [6.45, 7) is 2.33. The average Bonchev–Trinajstić information content (AvgIpc) is 2.27. The Hall–Kier alpha value is -1.13. The lowest BCUT2D eigenvalue weighted by atomic mass is 10.2. The van der Waals surface area contributed by atoms with Crippen molar-refractivity contribution in [2.45, 2.75) is 17.9 Å². The second-order valence-electron chi connectivity index (χ2n) is 4.54. The fourth-order valence-corrected chi connectivity index (χ4v) is 3.45. The molecule has 0 aliphatic rings. The van der Waals surface area contributed by atoms with E-state index in [1.807, 2.05) is 25.1 Å². The fourth-order valence-electron chi connectivity index (χ4n) is 1.69. The summed E-state index contributed by atoms with van der Waals surface area (Å²) in [5.41, 5.74) is 0.255. The van der Waals surface area contributed by atoms with Crippen molar-refractivity contribution in [1.29, 1.82) is 5.26 Å². The topological polar surface area (TPSA) is 73.2 Å². The van der Waals surface area contributed by atoms with Gasteiger partial charge < -0.3 is 4.90 Å². The van der Waals surface area contributed by atoms with Crippen LogP contribution in [0.15, 0.2) is 23.1 Å². The number of benzene rings is 1. The number of nitrogens with one attached hydrogen (secondary N) is 1. The van der Waals surface area contributed by atoms with Gasteiger partial charge in [0.25, 0.3) is 0 Å². The molecule has 104 valence electrons. The molecule has 1 atom stereocenters. The Balaban J connectivity index is 3.04. The maximum atomic E-state index is 12.2. The van der Waals surface area contributed by atoms with Crippen LogP contribution in [-0.4, -0.2) is 40.0 Å². The first-order chi connectivity index (χ1) is 8.76. The molecule has 1 N–H and O–H groups in total. The quantitative estimate of drug-likeness (QED) is 0.893. The first-order valence-electron chi connectivity index (χ1n) is 5.63. The summed E-state index contributed by atoms with van der Waals surface area (Å²) in [4.78, 5) is 1.80. The van der Waals surface area contributed by atoms with Gasteiger partial charge in [0, 0.05) is 12.6 Å². The Bertz CT molecular complexity index is 593. The highest BCUT2D eigenvalue weighted by Crippen LogP contribution is 2.22. The highest BCUT2D eigenvalue weighted by Gasteiger charge is 2.21. The Labute approximate surface area is 118 Å². The third-order valence-electron chi connectivity index (χ3n) is 2.35. The molecule has 19 heavy (non-hydrogen) atoms. The average molecular weight is 302 g/mol. The van der Waals surface area contributed by atoms with Crippen LogP contribution in [0.4, 0.5) is 0 Å². The van der Waals surface area contributed by atoms with Gasteiger partial charge in [-0.15, -0.1) is 0 Å². The number of likely N-dealkylation sites (N-methyl/N-ethyl adjacent to an activating group) is 1. The number of nitriles is 1. The summed E-state index contributed by atoms with van der Waals surface area (Å²) in [5, 5.41) is 8.91. The summed E-state index contributed by atoms with van der Waals surface area (Å²) in [6, 6.07) is 5.79.